The molecular weight excluding hydrogens is 189 g/mol. The van der Waals surface area contributed by atoms with Crippen LogP contribution in [0.3, 0.4) is 0 Å². The Morgan fingerprint density at radius 3 is 2.17 bits per heavy atom. The standard InChI is InChI=1S/C4H10IN/c1-5(2)4-3-6-4/h4,6H,3H2,1-2H3. The van der Waals surface area contributed by atoms with Gasteiger partial charge in [0.05, 0.1) is 0 Å². The van der Waals surface area contributed by atoms with Gasteiger partial charge in [0.2, 0.25) is 0 Å². The van der Waals surface area contributed by atoms with Gasteiger partial charge in [0.15, 0.2) is 0 Å². The fraction of sp³-hybridized carbons (Fsp3) is 1.00. The quantitative estimate of drug-likeness (QED) is 0.285. The van der Waals surface area contributed by atoms with E-state index < -0.39 is 0 Å². The minimum absolute atomic E-state index is 0.384. The molecule has 1 rings (SSSR count). The molecule has 1 aliphatic rings. The van der Waals surface area contributed by atoms with Gasteiger partial charge in [-0.3, -0.25) is 0 Å². The van der Waals surface area contributed by atoms with Gasteiger partial charge >= 0.3 is 45.6 Å². The van der Waals surface area contributed by atoms with Crippen LogP contribution < -0.4 is 5.32 Å². The summed E-state index contributed by atoms with van der Waals surface area (Å²) in [6.45, 7) is 1.32. The maximum atomic E-state index is 3.30. The van der Waals surface area contributed by atoms with Crippen molar-refractivity contribution < 1.29 is 0 Å². The average molecular weight is 199 g/mol. The molecule has 0 spiro atoms. The van der Waals surface area contributed by atoms with Gasteiger partial charge < -0.3 is 0 Å². The summed E-state index contributed by atoms with van der Waals surface area (Å²) in [6, 6.07) is 0. The number of rotatable bonds is 1. The van der Waals surface area contributed by atoms with E-state index in [1.165, 1.54) is 6.54 Å². The summed E-state index contributed by atoms with van der Waals surface area (Å²) < 4.78 is 1.01. The minimum atomic E-state index is -0.384. The molecule has 0 aliphatic carbocycles. The fourth-order valence-corrected chi connectivity index (χ4v) is 2.37. The molecule has 1 atom stereocenters. The Morgan fingerprint density at radius 2 is 2.17 bits per heavy atom. The van der Waals surface area contributed by atoms with E-state index in [-0.39, 0.29) is 19.8 Å². The van der Waals surface area contributed by atoms with Crippen LogP contribution in [0.15, 0.2) is 0 Å². The van der Waals surface area contributed by atoms with E-state index >= 15 is 0 Å². The fourth-order valence-electron chi connectivity index (χ4n) is 0.353. The molecule has 1 nitrogen and oxygen atoms in total. The molecule has 1 aliphatic heterocycles. The van der Waals surface area contributed by atoms with Crippen molar-refractivity contribution in [3.63, 3.8) is 0 Å². The van der Waals surface area contributed by atoms with E-state index in [1.807, 2.05) is 0 Å². The third kappa shape index (κ3) is 1.08. The van der Waals surface area contributed by atoms with Gasteiger partial charge in [-0.1, -0.05) is 0 Å². The van der Waals surface area contributed by atoms with Gasteiger partial charge in [0.25, 0.3) is 0 Å². The Hall–Kier alpha value is 0.690. The Bertz CT molecular complexity index is 49.5. The van der Waals surface area contributed by atoms with Crippen LogP contribution in [0.1, 0.15) is 0 Å². The van der Waals surface area contributed by atoms with Crippen LogP contribution in [-0.4, -0.2) is 20.5 Å². The number of halogens is 1. The van der Waals surface area contributed by atoms with Crippen molar-refractivity contribution in [3.8, 4) is 0 Å². The second-order valence-electron chi connectivity index (χ2n) is 1.69. The number of nitrogens with one attached hydrogen (secondary N) is 1. The van der Waals surface area contributed by atoms with Crippen LogP contribution >= 0.6 is 19.8 Å². The second kappa shape index (κ2) is 1.66. The average Bonchev–Trinajstić information content (AvgIpc) is 2.06. The van der Waals surface area contributed by atoms with E-state index in [4.69, 9.17) is 0 Å². The maximum absolute atomic E-state index is 3.30. The molecular formula is C4H10IN. The summed E-state index contributed by atoms with van der Waals surface area (Å²) in [5.41, 5.74) is 0. The molecule has 1 heterocycles. The summed E-state index contributed by atoms with van der Waals surface area (Å²) in [7, 11) is 0. The van der Waals surface area contributed by atoms with E-state index in [2.05, 4.69) is 15.2 Å². The molecule has 0 aromatic carbocycles. The zero-order chi connectivity index (χ0) is 4.57. The number of hydrogen-bond acceptors (Lipinski definition) is 1. The number of alkyl halides is 3. The van der Waals surface area contributed by atoms with Crippen LogP contribution in [0.4, 0.5) is 0 Å². The SMILES string of the molecule is CI(C)C1CN1. The molecule has 1 unspecified atom stereocenters. The van der Waals surface area contributed by atoms with Crippen molar-refractivity contribution in [2.75, 3.05) is 16.4 Å². The molecule has 38 valence electrons. The van der Waals surface area contributed by atoms with Gasteiger partial charge in [0, 0.05) is 0 Å². The van der Waals surface area contributed by atoms with E-state index in [9.17, 15) is 0 Å². The molecule has 0 amide bonds. The van der Waals surface area contributed by atoms with Crippen molar-refractivity contribution in [2.24, 2.45) is 0 Å². The van der Waals surface area contributed by atoms with Gasteiger partial charge in [-0.15, -0.1) is 0 Å². The Kier molecular flexibility index (Phi) is 1.34. The molecule has 1 fully saturated rings. The monoisotopic (exact) mass is 199 g/mol. The first-order valence-electron chi connectivity index (χ1n) is 2.02. The van der Waals surface area contributed by atoms with Crippen molar-refractivity contribution in [3.05, 3.63) is 0 Å². The summed E-state index contributed by atoms with van der Waals surface area (Å²) in [5, 5.41) is 3.30. The zero-order valence-corrected chi connectivity index (χ0v) is 6.32. The molecule has 0 saturated carbocycles. The van der Waals surface area contributed by atoms with Crippen molar-refractivity contribution in [1.29, 1.82) is 0 Å². The molecule has 2 heteroatoms. The van der Waals surface area contributed by atoms with Gasteiger partial charge in [0.1, 0.15) is 0 Å². The summed E-state index contributed by atoms with van der Waals surface area (Å²) in [4.78, 5) is 4.79. The molecule has 0 aromatic rings. The second-order valence-corrected chi connectivity index (χ2v) is 7.84. The third-order valence-corrected chi connectivity index (χ3v) is 4.77. The van der Waals surface area contributed by atoms with Crippen LogP contribution in [-0.2, 0) is 0 Å². The third-order valence-electron chi connectivity index (χ3n) is 0.885. The Morgan fingerprint density at radius 1 is 1.67 bits per heavy atom. The first-order chi connectivity index (χ1) is 2.80. The van der Waals surface area contributed by atoms with Crippen LogP contribution in [0.5, 0.6) is 0 Å². The topological polar surface area (TPSA) is 21.9 Å². The first-order valence-corrected chi connectivity index (χ1v) is 7.59. The first kappa shape index (κ1) is 4.84. The van der Waals surface area contributed by atoms with Gasteiger partial charge in [-0.25, -0.2) is 0 Å². The van der Waals surface area contributed by atoms with Crippen molar-refractivity contribution >= 4 is 19.8 Å². The predicted molar refractivity (Wildman–Crippen MR) is 37.7 cm³/mol. The summed E-state index contributed by atoms with van der Waals surface area (Å²) >= 11 is -0.384. The van der Waals surface area contributed by atoms with Crippen LogP contribution in [0.2, 0.25) is 0 Å². The van der Waals surface area contributed by atoms with Crippen LogP contribution in [0, 0.1) is 0 Å². The van der Waals surface area contributed by atoms with Crippen molar-refractivity contribution in [1.82, 2.24) is 5.32 Å². The van der Waals surface area contributed by atoms with Gasteiger partial charge in [-0.2, -0.15) is 0 Å². The molecule has 0 bridgehead atoms. The predicted octanol–water partition coefficient (Wildman–Crippen LogP) is 0.682. The van der Waals surface area contributed by atoms with Crippen molar-refractivity contribution in [2.45, 2.75) is 4.05 Å². The molecule has 1 saturated heterocycles. The van der Waals surface area contributed by atoms with E-state index in [1.54, 1.807) is 0 Å². The molecule has 1 N–H and O–H groups in total. The summed E-state index contributed by atoms with van der Waals surface area (Å²) in [6.07, 6.45) is 0. The molecule has 6 heavy (non-hydrogen) atoms. The molecule has 0 aromatic heterocycles. The Labute approximate surface area is 45.9 Å². The molecule has 0 radical (unpaired) electrons. The normalized spacial score (nSPS) is 33.0. The zero-order valence-electron chi connectivity index (χ0n) is 4.16. The number of hydrogen-bond donors (Lipinski definition) is 1. The van der Waals surface area contributed by atoms with Gasteiger partial charge in [-0.05, 0) is 0 Å². The Balaban J connectivity index is 2.13. The summed E-state index contributed by atoms with van der Waals surface area (Å²) in [5.74, 6) is 0. The van der Waals surface area contributed by atoms with E-state index in [0.29, 0.717) is 0 Å². The van der Waals surface area contributed by atoms with E-state index in [0.717, 1.165) is 4.05 Å². The van der Waals surface area contributed by atoms with Crippen LogP contribution in [0.25, 0.3) is 0 Å².